The zero-order valence-electron chi connectivity index (χ0n) is 9.79. The molecule has 0 saturated heterocycles. The van der Waals surface area contributed by atoms with E-state index >= 15 is 0 Å². The normalized spacial score (nSPS) is 9.56. The lowest BCUT2D eigenvalue weighted by atomic mass is 10.1. The van der Waals surface area contributed by atoms with E-state index in [4.69, 9.17) is 5.11 Å². The van der Waals surface area contributed by atoms with Crippen molar-refractivity contribution in [2.75, 3.05) is 0 Å². The highest BCUT2D eigenvalue weighted by atomic mass is 35.5. The number of hydrogen-bond donors (Lipinski definition) is 1. The Morgan fingerprint density at radius 2 is 1.67 bits per heavy atom. The lowest BCUT2D eigenvalue weighted by molar-refractivity contribution is -0.696. The van der Waals surface area contributed by atoms with Crippen molar-refractivity contribution in [3.8, 4) is 0 Å². The van der Waals surface area contributed by atoms with Gasteiger partial charge in [0.15, 0.2) is 18.9 Å². The number of carboxylic acids is 1. The van der Waals surface area contributed by atoms with Crippen molar-refractivity contribution in [3.05, 3.63) is 66.0 Å². The maximum absolute atomic E-state index is 10.7. The van der Waals surface area contributed by atoms with E-state index in [0.717, 1.165) is 13.0 Å². The molecule has 0 aliphatic rings. The lowest BCUT2D eigenvalue weighted by Crippen LogP contribution is -3.00. The minimum absolute atomic E-state index is 0. The smallest absolute Gasteiger partial charge is 0.336 e. The third-order valence-electron chi connectivity index (χ3n) is 2.64. The number of aromatic carboxylic acids is 1. The molecule has 0 aliphatic heterocycles. The Kier molecular flexibility index (Phi) is 5.33. The van der Waals surface area contributed by atoms with E-state index in [0.29, 0.717) is 5.56 Å². The van der Waals surface area contributed by atoms with Gasteiger partial charge in [0.2, 0.25) is 0 Å². The van der Waals surface area contributed by atoms with Gasteiger partial charge in [-0.1, -0.05) is 30.3 Å². The van der Waals surface area contributed by atoms with Crippen molar-refractivity contribution in [3.63, 3.8) is 0 Å². The molecule has 2 rings (SSSR count). The maximum atomic E-state index is 10.7. The Bertz CT molecular complexity index is 497. The van der Waals surface area contributed by atoms with E-state index in [1.165, 1.54) is 5.56 Å². The summed E-state index contributed by atoms with van der Waals surface area (Å²) in [5, 5.41) is 8.77. The molecule has 0 bridgehead atoms. The monoisotopic (exact) mass is 263 g/mol. The molecule has 1 aromatic heterocycles. The molecular weight excluding hydrogens is 250 g/mol. The predicted molar refractivity (Wildman–Crippen MR) is 63.7 cm³/mol. The van der Waals surface area contributed by atoms with Crippen LogP contribution in [0.3, 0.4) is 0 Å². The number of rotatable bonds is 4. The molecule has 1 heterocycles. The van der Waals surface area contributed by atoms with Crippen molar-refractivity contribution in [1.29, 1.82) is 0 Å². The summed E-state index contributed by atoms with van der Waals surface area (Å²) in [6.07, 6.45) is 4.54. The van der Waals surface area contributed by atoms with Gasteiger partial charge in [0.1, 0.15) is 0 Å². The Morgan fingerprint density at radius 3 is 2.22 bits per heavy atom. The van der Waals surface area contributed by atoms with Gasteiger partial charge >= 0.3 is 5.97 Å². The number of nitrogens with zero attached hydrogens (tertiary/aromatic N) is 1. The molecular formula is C14H14ClNO2. The topological polar surface area (TPSA) is 41.2 Å². The average molecular weight is 264 g/mol. The minimum atomic E-state index is -0.889. The number of carboxylic acid groups (broad SMARTS) is 1. The molecule has 94 valence electrons. The molecule has 0 saturated carbocycles. The number of pyridine rings is 1. The van der Waals surface area contributed by atoms with Gasteiger partial charge in [0, 0.05) is 18.6 Å². The van der Waals surface area contributed by atoms with Crippen LogP contribution in [0.5, 0.6) is 0 Å². The van der Waals surface area contributed by atoms with Crippen molar-refractivity contribution in [2.45, 2.75) is 13.0 Å². The lowest BCUT2D eigenvalue weighted by Gasteiger charge is -1.98. The van der Waals surface area contributed by atoms with E-state index in [9.17, 15) is 4.79 Å². The first-order valence-electron chi connectivity index (χ1n) is 5.52. The van der Waals surface area contributed by atoms with E-state index in [1.807, 2.05) is 22.8 Å². The standard InChI is InChI=1S/C14H13NO2.ClH/c16-14(17)13-7-10-15(11-8-13)9-6-12-4-2-1-3-5-12;/h1-5,7-8,10-11H,6,9H2;1H. The van der Waals surface area contributed by atoms with Gasteiger partial charge in [0.05, 0.1) is 5.56 Å². The summed E-state index contributed by atoms with van der Waals surface area (Å²) in [6.45, 7) is 0.851. The highest BCUT2D eigenvalue weighted by molar-refractivity contribution is 5.87. The Balaban J connectivity index is 0.00000162. The number of aryl methyl sites for hydroxylation is 2. The summed E-state index contributed by atoms with van der Waals surface area (Å²) in [5.74, 6) is -0.889. The van der Waals surface area contributed by atoms with Crippen LogP contribution >= 0.6 is 0 Å². The Hall–Kier alpha value is -1.87. The van der Waals surface area contributed by atoms with Crippen LogP contribution in [0.15, 0.2) is 54.9 Å². The third kappa shape index (κ3) is 3.86. The third-order valence-corrected chi connectivity index (χ3v) is 2.64. The van der Waals surface area contributed by atoms with E-state index < -0.39 is 5.97 Å². The van der Waals surface area contributed by atoms with Crippen LogP contribution in [0.2, 0.25) is 0 Å². The molecule has 0 fully saturated rings. The van der Waals surface area contributed by atoms with Gasteiger partial charge in [-0.3, -0.25) is 0 Å². The van der Waals surface area contributed by atoms with Crippen molar-refractivity contribution >= 4 is 5.97 Å². The van der Waals surface area contributed by atoms with E-state index in [1.54, 1.807) is 24.5 Å². The van der Waals surface area contributed by atoms with Crippen molar-refractivity contribution < 1.29 is 26.9 Å². The van der Waals surface area contributed by atoms with Gasteiger partial charge in [0.25, 0.3) is 0 Å². The molecule has 0 radical (unpaired) electrons. The van der Waals surface area contributed by atoms with Crippen LogP contribution in [-0.2, 0) is 13.0 Å². The highest BCUT2D eigenvalue weighted by Gasteiger charge is 2.05. The van der Waals surface area contributed by atoms with Crippen LogP contribution in [0.25, 0.3) is 0 Å². The summed E-state index contributed by atoms with van der Waals surface area (Å²) in [5.41, 5.74) is 1.60. The summed E-state index contributed by atoms with van der Waals surface area (Å²) >= 11 is 0. The largest absolute Gasteiger partial charge is 1.00 e. The van der Waals surface area contributed by atoms with Gasteiger partial charge in [-0.15, -0.1) is 0 Å². The number of halogens is 1. The van der Waals surface area contributed by atoms with Gasteiger partial charge in [-0.05, 0) is 5.56 Å². The summed E-state index contributed by atoms with van der Waals surface area (Å²) in [7, 11) is 0. The summed E-state index contributed by atoms with van der Waals surface area (Å²) < 4.78 is 1.99. The van der Waals surface area contributed by atoms with Crippen LogP contribution in [-0.4, -0.2) is 11.1 Å². The SMILES string of the molecule is O=C(O)c1cc[n+](CCc2ccccc2)cc1.[Cl-]. The van der Waals surface area contributed by atoms with Crippen LogP contribution in [0.1, 0.15) is 15.9 Å². The molecule has 0 aliphatic carbocycles. The van der Waals surface area contributed by atoms with E-state index in [-0.39, 0.29) is 12.4 Å². The molecule has 3 nitrogen and oxygen atoms in total. The zero-order chi connectivity index (χ0) is 12.1. The van der Waals surface area contributed by atoms with Gasteiger partial charge < -0.3 is 17.5 Å². The first-order valence-corrected chi connectivity index (χ1v) is 5.52. The second-order valence-electron chi connectivity index (χ2n) is 3.87. The van der Waals surface area contributed by atoms with Crippen LogP contribution in [0, 0.1) is 0 Å². The molecule has 0 amide bonds. The van der Waals surface area contributed by atoms with Crippen molar-refractivity contribution in [1.82, 2.24) is 0 Å². The number of carbonyl (C=O) groups is 1. The van der Waals surface area contributed by atoms with Gasteiger partial charge in [-0.25, -0.2) is 9.36 Å². The fourth-order valence-electron chi connectivity index (χ4n) is 1.65. The quantitative estimate of drug-likeness (QED) is 0.713. The Labute approximate surface area is 112 Å². The van der Waals surface area contributed by atoms with Gasteiger partial charge in [-0.2, -0.15) is 0 Å². The van der Waals surface area contributed by atoms with Crippen LogP contribution in [0.4, 0.5) is 0 Å². The zero-order valence-corrected chi connectivity index (χ0v) is 10.5. The fourth-order valence-corrected chi connectivity index (χ4v) is 1.65. The molecule has 2 aromatic rings. The molecule has 0 spiro atoms. The first-order chi connectivity index (χ1) is 8.25. The predicted octanol–water partition coefficient (Wildman–Crippen LogP) is -1.08. The van der Waals surface area contributed by atoms with Crippen LogP contribution < -0.4 is 17.0 Å². The number of aromatic nitrogens is 1. The fraction of sp³-hybridized carbons (Fsp3) is 0.143. The molecule has 1 N–H and O–H groups in total. The average Bonchev–Trinajstić information content (AvgIpc) is 2.38. The molecule has 4 heteroatoms. The molecule has 18 heavy (non-hydrogen) atoms. The highest BCUT2D eigenvalue weighted by Crippen LogP contribution is 1.99. The maximum Gasteiger partial charge on any atom is 0.336 e. The minimum Gasteiger partial charge on any atom is -1.00 e. The van der Waals surface area contributed by atoms with E-state index in [2.05, 4.69) is 12.1 Å². The van der Waals surface area contributed by atoms with Crippen molar-refractivity contribution in [2.24, 2.45) is 0 Å². The Morgan fingerprint density at radius 1 is 1.06 bits per heavy atom. The summed E-state index contributed by atoms with van der Waals surface area (Å²) in [6, 6.07) is 13.5. The molecule has 0 atom stereocenters. The number of benzene rings is 1. The second kappa shape index (κ2) is 6.77. The second-order valence-corrected chi connectivity index (χ2v) is 3.87. The number of hydrogen-bond acceptors (Lipinski definition) is 1. The molecule has 1 aromatic carbocycles. The first kappa shape index (κ1) is 14.2. The summed E-state index contributed by atoms with van der Waals surface area (Å²) in [4.78, 5) is 10.7. The molecule has 0 unspecified atom stereocenters.